The van der Waals surface area contributed by atoms with Crippen LogP contribution in [-0.2, 0) is 26.2 Å². The first kappa shape index (κ1) is 19.5. The molecule has 0 aromatic heterocycles. The summed E-state index contributed by atoms with van der Waals surface area (Å²) in [6, 6.07) is 13.4. The largest absolute Gasteiger partial charge is 0.350 e. The van der Waals surface area contributed by atoms with Crippen molar-refractivity contribution in [2.75, 3.05) is 13.1 Å². The fourth-order valence-corrected chi connectivity index (χ4v) is 2.94. The minimum Gasteiger partial charge on any atom is -0.350 e. The summed E-state index contributed by atoms with van der Waals surface area (Å²) in [5.41, 5.74) is 0.916. The van der Waals surface area contributed by atoms with Crippen LogP contribution in [0.2, 0.25) is 0 Å². The molecule has 26 heavy (non-hydrogen) atoms. The molecule has 0 atom stereocenters. The van der Waals surface area contributed by atoms with Crippen LogP contribution in [0.5, 0.6) is 0 Å². The molecule has 2 amide bonds. The Balaban J connectivity index is 1.73. The standard InChI is InChI=1S/C17H18FN3O4S/c18-14-6-8-15(9-7-14)26(24,25)21-12-17(23)20-11-16(22)19-10-13-4-2-1-3-5-13/h1-9,21H,10-12H2,(H,19,22)(H,20,23). The van der Waals surface area contributed by atoms with E-state index >= 15 is 0 Å². The molecule has 2 aromatic carbocycles. The Kier molecular flexibility index (Phi) is 6.81. The average molecular weight is 379 g/mol. The van der Waals surface area contributed by atoms with Crippen LogP contribution in [-0.4, -0.2) is 33.3 Å². The van der Waals surface area contributed by atoms with Crippen molar-refractivity contribution >= 4 is 21.8 Å². The zero-order valence-electron chi connectivity index (χ0n) is 13.7. The van der Waals surface area contributed by atoms with E-state index in [-0.39, 0.29) is 11.4 Å². The number of halogens is 1. The molecule has 0 unspecified atom stereocenters. The molecule has 3 N–H and O–H groups in total. The Morgan fingerprint density at radius 3 is 2.12 bits per heavy atom. The van der Waals surface area contributed by atoms with Crippen molar-refractivity contribution in [2.45, 2.75) is 11.4 Å². The lowest BCUT2D eigenvalue weighted by Crippen LogP contribution is -2.41. The maximum atomic E-state index is 12.8. The monoisotopic (exact) mass is 379 g/mol. The number of rotatable bonds is 8. The molecule has 7 nitrogen and oxygen atoms in total. The molecular weight excluding hydrogens is 361 g/mol. The van der Waals surface area contributed by atoms with Crippen LogP contribution in [0, 0.1) is 5.82 Å². The molecule has 2 rings (SSSR count). The highest BCUT2D eigenvalue weighted by Gasteiger charge is 2.15. The second-order valence-electron chi connectivity index (χ2n) is 5.32. The quantitative estimate of drug-likeness (QED) is 0.623. The van der Waals surface area contributed by atoms with E-state index in [4.69, 9.17) is 0 Å². The first-order valence-electron chi connectivity index (χ1n) is 7.69. The predicted octanol–water partition coefficient (Wildman–Crippen LogP) is 0.537. The second kappa shape index (κ2) is 9.07. The maximum Gasteiger partial charge on any atom is 0.241 e. The van der Waals surface area contributed by atoms with Gasteiger partial charge in [-0.3, -0.25) is 9.59 Å². The van der Waals surface area contributed by atoms with Crippen molar-refractivity contribution in [3.63, 3.8) is 0 Å². The first-order chi connectivity index (χ1) is 12.4. The van der Waals surface area contributed by atoms with Gasteiger partial charge in [-0.1, -0.05) is 30.3 Å². The zero-order chi connectivity index (χ0) is 19.0. The lowest BCUT2D eigenvalue weighted by molar-refractivity contribution is -0.125. The SMILES string of the molecule is O=C(CNC(=O)CNS(=O)(=O)c1ccc(F)cc1)NCc1ccccc1. The van der Waals surface area contributed by atoms with Gasteiger partial charge in [0.05, 0.1) is 18.0 Å². The lowest BCUT2D eigenvalue weighted by Gasteiger charge is -2.08. The molecule has 0 fully saturated rings. The molecule has 138 valence electrons. The summed E-state index contributed by atoms with van der Waals surface area (Å²) in [5.74, 6) is -1.63. The summed E-state index contributed by atoms with van der Waals surface area (Å²) in [5, 5.41) is 4.94. The van der Waals surface area contributed by atoms with Crippen LogP contribution in [0.4, 0.5) is 4.39 Å². The van der Waals surface area contributed by atoms with Gasteiger partial charge in [0.25, 0.3) is 0 Å². The summed E-state index contributed by atoms with van der Waals surface area (Å²) in [6.45, 7) is -0.484. The van der Waals surface area contributed by atoms with Gasteiger partial charge in [-0.25, -0.2) is 17.5 Å². The van der Waals surface area contributed by atoms with Gasteiger partial charge in [0, 0.05) is 6.54 Å². The Hall–Kier alpha value is -2.78. The molecule has 0 spiro atoms. The van der Waals surface area contributed by atoms with Gasteiger partial charge in [-0.05, 0) is 29.8 Å². The number of benzene rings is 2. The van der Waals surface area contributed by atoms with Gasteiger partial charge >= 0.3 is 0 Å². The number of sulfonamides is 1. The molecule has 0 heterocycles. The predicted molar refractivity (Wildman–Crippen MR) is 92.9 cm³/mol. The van der Waals surface area contributed by atoms with Crippen LogP contribution in [0.3, 0.4) is 0 Å². The van der Waals surface area contributed by atoms with Crippen LogP contribution >= 0.6 is 0 Å². The van der Waals surface area contributed by atoms with Crippen LogP contribution in [0.1, 0.15) is 5.56 Å². The van der Waals surface area contributed by atoms with E-state index in [2.05, 4.69) is 15.4 Å². The van der Waals surface area contributed by atoms with E-state index < -0.39 is 34.2 Å². The molecular formula is C17H18FN3O4S. The Morgan fingerprint density at radius 1 is 0.846 bits per heavy atom. The molecule has 0 saturated carbocycles. The summed E-state index contributed by atoms with van der Waals surface area (Å²) >= 11 is 0. The number of carbonyl (C=O) groups excluding carboxylic acids is 2. The third kappa shape index (κ3) is 6.26. The van der Waals surface area contributed by atoms with Crippen molar-refractivity contribution in [1.82, 2.24) is 15.4 Å². The van der Waals surface area contributed by atoms with Crippen LogP contribution in [0.15, 0.2) is 59.5 Å². The zero-order valence-corrected chi connectivity index (χ0v) is 14.6. The highest BCUT2D eigenvalue weighted by molar-refractivity contribution is 7.89. The topological polar surface area (TPSA) is 104 Å². The maximum absolute atomic E-state index is 12.8. The van der Waals surface area contributed by atoms with E-state index in [0.29, 0.717) is 6.54 Å². The second-order valence-corrected chi connectivity index (χ2v) is 7.08. The van der Waals surface area contributed by atoms with Crippen molar-refractivity contribution in [3.8, 4) is 0 Å². The fourth-order valence-electron chi connectivity index (χ4n) is 1.96. The Morgan fingerprint density at radius 2 is 1.46 bits per heavy atom. The minimum atomic E-state index is -3.93. The molecule has 0 aliphatic carbocycles. The number of hydrogen-bond acceptors (Lipinski definition) is 4. The number of carbonyl (C=O) groups is 2. The normalized spacial score (nSPS) is 11.0. The van der Waals surface area contributed by atoms with Gasteiger partial charge in [0.15, 0.2) is 0 Å². The van der Waals surface area contributed by atoms with Gasteiger partial charge in [0.2, 0.25) is 21.8 Å². The Bertz CT molecular complexity index is 855. The average Bonchev–Trinajstić information content (AvgIpc) is 2.64. The van der Waals surface area contributed by atoms with E-state index in [0.717, 1.165) is 29.8 Å². The first-order valence-corrected chi connectivity index (χ1v) is 9.18. The van der Waals surface area contributed by atoms with Crippen molar-refractivity contribution < 1.29 is 22.4 Å². The summed E-state index contributed by atoms with van der Waals surface area (Å²) in [6.07, 6.45) is 0. The van der Waals surface area contributed by atoms with E-state index in [1.165, 1.54) is 0 Å². The molecule has 0 bridgehead atoms. The Labute approximate surface area is 150 Å². The smallest absolute Gasteiger partial charge is 0.241 e. The molecule has 9 heteroatoms. The lowest BCUT2D eigenvalue weighted by atomic mass is 10.2. The van der Waals surface area contributed by atoms with E-state index in [1.54, 1.807) is 0 Å². The van der Waals surface area contributed by atoms with Crippen molar-refractivity contribution in [1.29, 1.82) is 0 Å². The van der Waals surface area contributed by atoms with Gasteiger partial charge in [0.1, 0.15) is 5.82 Å². The van der Waals surface area contributed by atoms with Gasteiger partial charge < -0.3 is 10.6 Å². The molecule has 0 radical (unpaired) electrons. The third-order valence-corrected chi connectivity index (χ3v) is 4.74. The van der Waals surface area contributed by atoms with Crippen LogP contribution in [0.25, 0.3) is 0 Å². The van der Waals surface area contributed by atoms with E-state index in [1.807, 2.05) is 30.3 Å². The summed E-state index contributed by atoms with van der Waals surface area (Å²) in [7, 11) is -3.93. The highest BCUT2D eigenvalue weighted by atomic mass is 32.2. The minimum absolute atomic E-state index is 0.160. The molecule has 2 aromatic rings. The van der Waals surface area contributed by atoms with Gasteiger partial charge in [-0.2, -0.15) is 0 Å². The highest BCUT2D eigenvalue weighted by Crippen LogP contribution is 2.08. The fraction of sp³-hybridized carbons (Fsp3) is 0.176. The van der Waals surface area contributed by atoms with Gasteiger partial charge in [-0.15, -0.1) is 0 Å². The number of hydrogen-bond donors (Lipinski definition) is 3. The third-order valence-electron chi connectivity index (χ3n) is 3.33. The number of nitrogens with one attached hydrogen (secondary N) is 3. The summed E-state index contributed by atoms with van der Waals surface area (Å²) < 4.78 is 38.8. The van der Waals surface area contributed by atoms with Crippen LogP contribution < -0.4 is 15.4 Å². The van der Waals surface area contributed by atoms with Crippen molar-refractivity contribution in [2.24, 2.45) is 0 Å². The number of amides is 2. The summed E-state index contributed by atoms with van der Waals surface area (Å²) in [4.78, 5) is 23.2. The van der Waals surface area contributed by atoms with Crippen molar-refractivity contribution in [3.05, 3.63) is 66.0 Å². The molecule has 0 saturated heterocycles. The molecule has 0 aliphatic rings. The molecule has 0 aliphatic heterocycles. The van der Waals surface area contributed by atoms with E-state index in [9.17, 15) is 22.4 Å².